The molecule has 0 N–H and O–H groups in total. The molecule has 1 aromatic rings. The third-order valence-corrected chi connectivity index (χ3v) is 4.64. The molecule has 0 spiro atoms. The Morgan fingerprint density at radius 3 is 2.47 bits per heavy atom. The highest BCUT2D eigenvalue weighted by atomic mass is 32.2. The molecule has 1 aromatic carbocycles. The quantitative estimate of drug-likeness (QED) is 0.612. The molecule has 19 heavy (non-hydrogen) atoms. The second kappa shape index (κ2) is 9.19. The number of thioether (sulfide) groups is 1. The molecule has 0 aromatic heterocycles. The van der Waals surface area contributed by atoms with Crippen LogP contribution in [0.4, 0.5) is 0 Å². The zero-order valence-corrected chi connectivity index (χ0v) is 13.2. The lowest BCUT2D eigenvalue weighted by Gasteiger charge is -2.18. The van der Waals surface area contributed by atoms with Gasteiger partial charge in [0, 0.05) is 17.6 Å². The van der Waals surface area contributed by atoms with Crippen LogP contribution in [0.25, 0.3) is 0 Å². The first kappa shape index (κ1) is 16.3. The van der Waals surface area contributed by atoms with E-state index in [1.807, 2.05) is 17.8 Å². The third kappa shape index (κ3) is 5.82. The molecule has 0 saturated heterocycles. The van der Waals surface area contributed by atoms with Crippen molar-refractivity contribution in [2.75, 3.05) is 5.75 Å². The van der Waals surface area contributed by atoms with Gasteiger partial charge in [0.1, 0.15) is 5.78 Å². The molecule has 0 aliphatic heterocycles. The number of unbranched alkanes of at least 4 members (excludes halogenated alkanes) is 1. The molecule has 0 aliphatic carbocycles. The van der Waals surface area contributed by atoms with Crippen molar-refractivity contribution in [2.45, 2.75) is 51.7 Å². The van der Waals surface area contributed by atoms with Crippen molar-refractivity contribution >= 4 is 17.5 Å². The van der Waals surface area contributed by atoms with E-state index in [0.29, 0.717) is 17.5 Å². The molecule has 0 bridgehead atoms. The minimum absolute atomic E-state index is 0.212. The van der Waals surface area contributed by atoms with Crippen LogP contribution in [0.5, 0.6) is 0 Å². The van der Waals surface area contributed by atoms with Crippen molar-refractivity contribution < 1.29 is 4.79 Å². The van der Waals surface area contributed by atoms with Crippen molar-refractivity contribution in [3.63, 3.8) is 0 Å². The monoisotopic (exact) mass is 278 g/mol. The van der Waals surface area contributed by atoms with Gasteiger partial charge in [-0.1, -0.05) is 63.9 Å². The first-order valence-electron chi connectivity index (χ1n) is 7.38. The Morgan fingerprint density at radius 1 is 1.21 bits per heavy atom. The summed E-state index contributed by atoms with van der Waals surface area (Å²) in [6.07, 6.45) is 4.04. The van der Waals surface area contributed by atoms with Crippen LogP contribution >= 0.6 is 11.8 Å². The van der Waals surface area contributed by atoms with Gasteiger partial charge in [0.05, 0.1) is 0 Å². The molecule has 2 heteroatoms. The van der Waals surface area contributed by atoms with Gasteiger partial charge in [-0.2, -0.15) is 11.8 Å². The number of ketones is 1. The average Bonchev–Trinajstić information content (AvgIpc) is 2.45. The van der Waals surface area contributed by atoms with E-state index in [1.54, 1.807) is 0 Å². The first-order chi connectivity index (χ1) is 9.19. The van der Waals surface area contributed by atoms with Gasteiger partial charge in [-0.05, 0) is 17.7 Å². The van der Waals surface area contributed by atoms with Gasteiger partial charge in [0.2, 0.25) is 0 Å². The van der Waals surface area contributed by atoms with Crippen molar-refractivity contribution in [3.8, 4) is 0 Å². The standard InChI is InChI=1S/C17H26OS/c1-4-6-10-14(3)16(18)13-17(19-5-2)15-11-8-7-9-12-15/h7-9,11-12,14,17H,4-6,10,13H2,1-3H3/t14-,17+/m0/s1. The van der Waals surface area contributed by atoms with Crippen LogP contribution < -0.4 is 0 Å². The minimum Gasteiger partial charge on any atom is -0.299 e. The fraction of sp³-hybridized carbons (Fsp3) is 0.588. The molecule has 0 amide bonds. The van der Waals surface area contributed by atoms with Gasteiger partial charge in [-0.3, -0.25) is 4.79 Å². The van der Waals surface area contributed by atoms with E-state index in [1.165, 1.54) is 12.0 Å². The summed E-state index contributed by atoms with van der Waals surface area (Å²) in [5, 5.41) is 0.322. The highest BCUT2D eigenvalue weighted by Gasteiger charge is 2.19. The highest BCUT2D eigenvalue weighted by Crippen LogP contribution is 2.33. The lowest BCUT2D eigenvalue weighted by molar-refractivity contribution is -0.122. The van der Waals surface area contributed by atoms with Crippen LogP contribution in [0.1, 0.15) is 57.3 Å². The number of hydrogen-bond donors (Lipinski definition) is 0. The van der Waals surface area contributed by atoms with Crippen LogP contribution in [0.15, 0.2) is 30.3 Å². The predicted molar refractivity (Wildman–Crippen MR) is 85.6 cm³/mol. The van der Waals surface area contributed by atoms with Crippen LogP contribution in [0.2, 0.25) is 0 Å². The number of carbonyl (C=O) groups excluding carboxylic acids is 1. The van der Waals surface area contributed by atoms with Gasteiger partial charge < -0.3 is 0 Å². The lowest BCUT2D eigenvalue weighted by Crippen LogP contribution is -2.14. The maximum Gasteiger partial charge on any atom is 0.137 e. The number of rotatable bonds is 9. The van der Waals surface area contributed by atoms with Gasteiger partial charge in [-0.25, -0.2) is 0 Å². The number of benzene rings is 1. The van der Waals surface area contributed by atoms with E-state index in [4.69, 9.17) is 0 Å². The molecule has 106 valence electrons. The summed E-state index contributed by atoms with van der Waals surface area (Å²) in [5.41, 5.74) is 1.28. The van der Waals surface area contributed by atoms with Crippen molar-refractivity contribution in [2.24, 2.45) is 5.92 Å². The molecule has 0 fully saturated rings. The highest BCUT2D eigenvalue weighted by molar-refractivity contribution is 7.99. The first-order valence-corrected chi connectivity index (χ1v) is 8.43. The predicted octanol–water partition coefficient (Wildman–Crippen LogP) is 5.27. The topological polar surface area (TPSA) is 17.1 Å². The zero-order valence-electron chi connectivity index (χ0n) is 12.4. The van der Waals surface area contributed by atoms with Crippen LogP contribution in [0.3, 0.4) is 0 Å². The Balaban J connectivity index is 2.61. The maximum atomic E-state index is 12.3. The molecule has 1 rings (SSSR count). The van der Waals surface area contributed by atoms with Crippen LogP contribution in [-0.4, -0.2) is 11.5 Å². The molecule has 2 atom stereocenters. The summed E-state index contributed by atoms with van der Waals surface area (Å²) < 4.78 is 0. The number of Topliss-reactive ketones (excluding diaryl/α,β-unsaturated/α-hetero) is 1. The Morgan fingerprint density at radius 2 is 1.89 bits per heavy atom. The van der Waals surface area contributed by atoms with E-state index < -0.39 is 0 Å². The van der Waals surface area contributed by atoms with E-state index in [-0.39, 0.29) is 5.92 Å². The molecular formula is C17H26OS. The maximum absolute atomic E-state index is 12.3. The van der Waals surface area contributed by atoms with Crippen molar-refractivity contribution in [1.29, 1.82) is 0 Å². The van der Waals surface area contributed by atoms with E-state index in [9.17, 15) is 4.79 Å². The summed E-state index contributed by atoms with van der Waals surface area (Å²) in [7, 11) is 0. The van der Waals surface area contributed by atoms with Gasteiger partial charge in [0.25, 0.3) is 0 Å². The van der Waals surface area contributed by atoms with Crippen LogP contribution in [-0.2, 0) is 4.79 Å². The summed E-state index contributed by atoms with van der Waals surface area (Å²) >= 11 is 1.88. The lowest BCUT2D eigenvalue weighted by atomic mass is 9.95. The summed E-state index contributed by atoms with van der Waals surface area (Å²) in [6, 6.07) is 10.4. The molecule has 0 unspecified atom stereocenters. The molecule has 1 nitrogen and oxygen atoms in total. The third-order valence-electron chi connectivity index (χ3n) is 3.47. The summed E-state index contributed by atoms with van der Waals surface area (Å²) in [6.45, 7) is 6.42. The molecular weight excluding hydrogens is 252 g/mol. The second-order valence-corrected chi connectivity index (χ2v) is 6.55. The Bertz CT molecular complexity index is 361. The minimum atomic E-state index is 0.212. The largest absolute Gasteiger partial charge is 0.299 e. The van der Waals surface area contributed by atoms with Gasteiger partial charge >= 0.3 is 0 Å². The SMILES string of the molecule is CCCC[C@H](C)C(=O)C[C@@H](SCC)c1ccccc1. The zero-order chi connectivity index (χ0) is 14.1. The fourth-order valence-electron chi connectivity index (χ4n) is 2.20. The molecule has 0 radical (unpaired) electrons. The van der Waals surface area contributed by atoms with Gasteiger partial charge in [0.15, 0.2) is 0 Å². The summed E-state index contributed by atoms with van der Waals surface area (Å²) in [4.78, 5) is 12.3. The van der Waals surface area contributed by atoms with E-state index in [2.05, 4.69) is 45.0 Å². The normalized spacial score (nSPS) is 14.1. The Hall–Kier alpha value is -0.760. The van der Waals surface area contributed by atoms with E-state index >= 15 is 0 Å². The van der Waals surface area contributed by atoms with Crippen molar-refractivity contribution in [1.82, 2.24) is 0 Å². The summed E-state index contributed by atoms with van der Waals surface area (Å²) in [5.74, 6) is 1.68. The Kier molecular flexibility index (Phi) is 7.88. The Labute approximate surface area is 122 Å². The fourth-order valence-corrected chi connectivity index (χ4v) is 3.23. The molecule has 0 aliphatic rings. The second-order valence-electron chi connectivity index (χ2n) is 5.07. The van der Waals surface area contributed by atoms with Crippen LogP contribution in [0, 0.1) is 5.92 Å². The number of hydrogen-bond acceptors (Lipinski definition) is 2. The van der Waals surface area contributed by atoms with Crippen molar-refractivity contribution in [3.05, 3.63) is 35.9 Å². The number of carbonyl (C=O) groups is 1. The molecule has 0 saturated carbocycles. The molecule has 0 heterocycles. The van der Waals surface area contributed by atoms with E-state index in [0.717, 1.165) is 18.6 Å². The van der Waals surface area contributed by atoms with Gasteiger partial charge in [-0.15, -0.1) is 0 Å². The average molecular weight is 278 g/mol. The smallest absolute Gasteiger partial charge is 0.137 e.